The fraction of sp³-hybridized carbons (Fsp3) is 0.100. The van der Waals surface area contributed by atoms with Crippen molar-refractivity contribution >= 4 is 28.9 Å². The average molecular weight is 428 g/mol. The van der Waals surface area contributed by atoms with Gasteiger partial charge in [0, 0.05) is 23.5 Å². The van der Waals surface area contributed by atoms with Crippen molar-refractivity contribution in [3.8, 4) is 0 Å². The van der Waals surface area contributed by atoms with E-state index < -0.39 is 35.6 Å². The molecule has 4 aromatic rings. The quantitative estimate of drug-likeness (QED) is 0.510. The number of hydrogen-bond donors (Lipinski definition) is 2. The van der Waals surface area contributed by atoms with Crippen molar-refractivity contribution in [3.05, 3.63) is 82.2 Å². The van der Waals surface area contributed by atoms with Gasteiger partial charge in [0.2, 0.25) is 11.9 Å². The molecule has 0 radical (unpaired) electrons. The molecule has 0 atom stereocenters. The van der Waals surface area contributed by atoms with Gasteiger partial charge in [-0.3, -0.25) is 4.79 Å². The predicted octanol–water partition coefficient (Wildman–Crippen LogP) is 3.00. The van der Waals surface area contributed by atoms with Crippen LogP contribution in [0.25, 0.3) is 5.65 Å². The number of rotatable bonds is 5. The molecule has 0 aliphatic carbocycles. The molecule has 2 aromatic carbocycles. The van der Waals surface area contributed by atoms with Crippen LogP contribution in [-0.2, 0) is 11.3 Å². The van der Waals surface area contributed by atoms with Crippen LogP contribution in [0.1, 0.15) is 5.69 Å². The van der Waals surface area contributed by atoms with Crippen molar-refractivity contribution in [1.29, 1.82) is 0 Å². The highest BCUT2D eigenvalue weighted by atomic mass is 19.1. The first-order valence-corrected chi connectivity index (χ1v) is 9.05. The number of halogens is 3. The molecule has 4 rings (SSSR count). The van der Waals surface area contributed by atoms with Crippen molar-refractivity contribution in [2.45, 2.75) is 13.5 Å². The Labute approximate surface area is 173 Å². The second-order valence-corrected chi connectivity index (χ2v) is 6.66. The van der Waals surface area contributed by atoms with Gasteiger partial charge in [-0.1, -0.05) is 0 Å². The summed E-state index contributed by atoms with van der Waals surface area (Å²) in [5.41, 5.74) is 0.215. The number of carbonyl (C=O) groups excluding carboxylic acids is 1. The maximum Gasteiger partial charge on any atom is 0.353 e. The zero-order valence-electron chi connectivity index (χ0n) is 16.1. The van der Waals surface area contributed by atoms with Crippen LogP contribution < -0.4 is 16.3 Å². The SMILES string of the molecule is Cc1cc2nn(CC(=O)Nc3cc(F)ccc3F)c(=O)n2c(Nc2ccc(F)cc2)n1. The van der Waals surface area contributed by atoms with Gasteiger partial charge in [-0.05, 0) is 43.3 Å². The molecular weight excluding hydrogens is 413 g/mol. The number of fused-ring (bicyclic) bond motifs is 1. The Kier molecular flexibility index (Phi) is 5.15. The molecule has 11 heteroatoms. The van der Waals surface area contributed by atoms with Gasteiger partial charge in [0.05, 0.1) is 5.69 Å². The predicted molar refractivity (Wildman–Crippen MR) is 107 cm³/mol. The van der Waals surface area contributed by atoms with Crippen molar-refractivity contribution in [2.75, 3.05) is 10.6 Å². The molecule has 0 fully saturated rings. The molecule has 0 aliphatic rings. The topological polar surface area (TPSA) is 93.3 Å². The van der Waals surface area contributed by atoms with E-state index >= 15 is 0 Å². The highest BCUT2D eigenvalue weighted by Gasteiger charge is 2.16. The van der Waals surface area contributed by atoms with Gasteiger partial charge in [-0.15, -0.1) is 5.10 Å². The van der Waals surface area contributed by atoms with E-state index in [1.54, 1.807) is 6.92 Å². The van der Waals surface area contributed by atoms with E-state index in [-0.39, 0.29) is 17.3 Å². The maximum absolute atomic E-state index is 13.7. The lowest BCUT2D eigenvalue weighted by molar-refractivity contribution is -0.117. The molecule has 2 aromatic heterocycles. The highest BCUT2D eigenvalue weighted by Crippen LogP contribution is 2.17. The second-order valence-electron chi connectivity index (χ2n) is 6.66. The van der Waals surface area contributed by atoms with Crippen molar-refractivity contribution in [3.63, 3.8) is 0 Å². The largest absolute Gasteiger partial charge is 0.353 e. The van der Waals surface area contributed by atoms with Crippen LogP contribution in [0.3, 0.4) is 0 Å². The van der Waals surface area contributed by atoms with Crippen molar-refractivity contribution < 1.29 is 18.0 Å². The number of hydrogen-bond acceptors (Lipinski definition) is 5. The van der Waals surface area contributed by atoms with E-state index in [1.165, 1.54) is 30.3 Å². The minimum atomic E-state index is -0.817. The summed E-state index contributed by atoms with van der Waals surface area (Å²) < 4.78 is 42.2. The van der Waals surface area contributed by atoms with Crippen LogP contribution in [0.2, 0.25) is 0 Å². The van der Waals surface area contributed by atoms with E-state index in [2.05, 4.69) is 20.7 Å². The summed E-state index contributed by atoms with van der Waals surface area (Å²) in [6.45, 7) is 1.16. The minimum absolute atomic E-state index is 0.120. The molecule has 1 amide bonds. The Morgan fingerprint density at radius 1 is 1.03 bits per heavy atom. The molecule has 0 spiro atoms. The number of aromatic nitrogens is 4. The highest BCUT2D eigenvalue weighted by molar-refractivity contribution is 5.90. The minimum Gasteiger partial charge on any atom is -0.325 e. The summed E-state index contributed by atoms with van der Waals surface area (Å²) in [6, 6.07) is 9.61. The maximum atomic E-state index is 13.7. The number of benzene rings is 2. The van der Waals surface area contributed by atoms with Crippen LogP contribution in [0.15, 0.2) is 53.3 Å². The Morgan fingerprint density at radius 3 is 2.48 bits per heavy atom. The van der Waals surface area contributed by atoms with E-state index in [0.717, 1.165) is 27.3 Å². The van der Waals surface area contributed by atoms with Gasteiger partial charge in [0.1, 0.15) is 24.0 Å². The summed E-state index contributed by atoms with van der Waals surface area (Å²) in [5.74, 6) is -2.61. The summed E-state index contributed by atoms with van der Waals surface area (Å²) in [4.78, 5) is 29.4. The molecule has 0 aliphatic heterocycles. The van der Waals surface area contributed by atoms with E-state index in [4.69, 9.17) is 0 Å². The third-order valence-corrected chi connectivity index (χ3v) is 4.29. The zero-order valence-corrected chi connectivity index (χ0v) is 16.1. The Hall–Kier alpha value is -4.15. The summed E-state index contributed by atoms with van der Waals surface area (Å²) in [6.07, 6.45) is 0. The normalized spacial score (nSPS) is 11.0. The number of nitrogens with one attached hydrogen (secondary N) is 2. The monoisotopic (exact) mass is 428 g/mol. The Morgan fingerprint density at radius 2 is 1.74 bits per heavy atom. The third kappa shape index (κ3) is 4.25. The fourth-order valence-electron chi connectivity index (χ4n) is 2.92. The molecule has 0 saturated heterocycles. The first kappa shape index (κ1) is 20.1. The molecular formula is C20H15F3N6O2. The van der Waals surface area contributed by atoms with Gasteiger partial charge in [-0.25, -0.2) is 32.0 Å². The first-order chi connectivity index (χ1) is 14.8. The number of aryl methyl sites for hydroxylation is 1. The Bertz CT molecular complexity index is 1350. The average Bonchev–Trinajstić information content (AvgIpc) is 3.01. The summed E-state index contributed by atoms with van der Waals surface area (Å²) in [7, 11) is 0. The van der Waals surface area contributed by atoms with Crippen LogP contribution in [0, 0.1) is 24.4 Å². The molecule has 2 N–H and O–H groups in total. The lowest BCUT2D eigenvalue weighted by Crippen LogP contribution is -2.29. The van der Waals surface area contributed by atoms with Crippen LogP contribution in [0.4, 0.5) is 30.5 Å². The second kappa shape index (κ2) is 7.94. The molecule has 31 heavy (non-hydrogen) atoms. The van der Waals surface area contributed by atoms with Crippen LogP contribution >= 0.6 is 0 Å². The Balaban J connectivity index is 1.64. The van der Waals surface area contributed by atoms with Crippen LogP contribution in [0.5, 0.6) is 0 Å². The van der Waals surface area contributed by atoms with Gasteiger partial charge in [-0.2, -0.15) is 0 Å². The number of amides is 1. The lowest BCUT2D eigenvalue weighted by atomic mass is 10.3. The van der Waals surface area contributed by atoms with Gasteiger partial charge < -0.3 is 10.6 Å². The van der Waals surface area contributed by atoms with Crippen molar-refractivity contribution in [1.82, 2.24) is 19.2 Å². The fourth-order valence-corrected chi connectivity index (χ4v) is 2.92. The van der Waals surface area contributed by atoms with E-state index in [1.807, 2.05) is 0 Å². The van der Waals surface area contributed by atoms with Gasteiger partial charge >= 0.3 is 5.69 Å². The molecule has 0 unspecified atom stereocenters. The molecule has 8 nitrogen and oxygen atoms in total. The molecule has 0 bridgehead atoms. The number of nitrogens with zero attached hydrogens (tertiary/aromatic N) is 4. The molecule has 0 saturated carbocycles. The number of anilines is 3. The summed E-state index contributed by atoms with van der Waals surface area (Å²) in [5, 5.41) is 9.24. The lowest BCUT2D eigenvalue weighted by Gasteiger charge is -2.08. The van der Waals surface area contributed by atoms with Crippen molar-refractivity contribution in [2.24, 2.45) is 0 Å². The summed E-state index contributed by atoms with van der Waals surface area (Å²) >= 11 is 0. The van der Waals surface area contributed by atoms with Crippen LogP contribution in [-0.4, -0.2) is 25.1 Å². The van der Waals surface area contributed by atoms with Gasteiger partial charge in [0.15, 0.2) is 5.65 Å². The first-order valence-electron chi connectivity index (χ1n) is 9.05. The zero-order chi connectivity index (χ0) is 22.1. The molecule has 158 valence electrons. The standard InChI is InChI=1S/C20H15F3N6O2/c1-11-8-17-27-28(10-18(30)26-16-9-13(22)4-7-15(16)23)20(31)29(17)19(24-11)25-14-5-2-12(21)3-6-14/h2-9H,10H2,1H3,(H,24,25)(H,26,30). The van der Waals surface area contributed by atoms with E-state index in [9.17, 15) is 22.8 Å². The third-order valence-electron chi connectivity index (χ3n) is 4.29. The van der Waals surface area contributed by atoms with E-state index in [0.29, 0.717) is 11.4 Å². The molecule has 2 heterocycles. The number of carbonyl (C=O) groups is 1. The van der Waals surface area contributed by atoms with Gasteiger partial charge in [0.25, 0.3) is 0 Å². The smallest absolute Gasteiger partial charge is 0.325 e.